The predicted molar refractivity (Wildman–Crippen MR) is 113 cm³/mol. The minimum Gasteiger partial charge on any atom is -0.364 e. The van der Waals surface area contributed by atoms with Gasteiger partial charge in [-0.2, -0.15) is 4.72 Å². The van der Waals surface area contributed by atoms with Gasteiger partial charge in [-0.3, -0.25) is 4.79 Å². The van der Waals surface area contributed by atoms with Gasteiger partial charge >= 0.3 is 0 Å². The molecule has 2 heterocycles. The minimum atomic E-state index is -3.98. The van der Waals surface area contributed by atoms with Gasteiger partial charge < -0.3 is 14.9 Å². The Morgan fingerprint density at radius 2 is 1.73 bits per heavy atom. The first-order valence-electron chi connectivity index (χ1n) is 9.23. The van der Waals surface area contributed by atoms with E-state index in [1.165, 1.54) is 16.8 Å². The molecule has 154 valence electrons. The molecule has 9 heteroatoms. The van der Waals surface area contributed by atoms with Crippen molar-refractivity contribution >= 4 is 27.0 Å². The molecule has 30 heavy (non-hydrogen) atoms. The van der Waals surface area contributed by atoms with E-state index < -0.39 is 22.0 Å². The standard InChI is InChI=1S/C21H21N5O3S/c1-25-13-15(12-18(25)20(22)27)30(28,29)24-19(14-8-4-3-5-9-14)21-23-16-10-6-7-11-17(16)26(21)2/h3-13,19,24H,1-2H3,(H2,22,27). The molecule has 1 unspecified atom stereocenters. The van der Waals surface area contributed by atoms with Gasteiger partial charge in [0, 0.05) is 20.3 Å². The summed E-state index contributed by atoms with van der Waals surface area (Å²) >= 11 is 0. The Bertz CT molecular complexity index is 1340. The molecule has 4 aromatic rings. The Balaban J connectivity index is 1.82. The smallest absolute Gasteiger partial charge is 0.265 e. The van der Waals surface area contributed by atoms with Crippen LogP contribution in [0.3, 0.4) is 0 Å². The maximum atomic E-state index is 13.2. The Hall–Kier alpha value is -3.43. The van der Waals surface area contributed by atoms with Crippen LogP contribution in [0.25, 0.3) is 11.0 Å². The number of nitrogens with two attached hydrogens (primary N) is 1. The van der Waals surface area contributed by atoms with Crippen molar-refractivity contribution in [3.63, 3.8) is 0 Å². The predicted octanol–water partition coefficient (Wildman–Crippen LogP) is 2.08. The van der Waals surface area contributed by atoms with Gasteiger partial charge in [0.2, 0.25) is 10.0 Å². The normalized spacial score (nSPS) is 12.9. The second-order valence-corrected chi connectivity index (χ2v) is 8.73. The highest BCUT2D eigenvalue weighted by atomic mass is 32.2. The molecule has 8 nitrogen and oxygen atoms in total. The van der Waals surface area contributed by atoms with Crippen LogP contribution in [0.5, 0.6) is 0 Å². The third-order valence-electron chi connectivity index (χ3n) is 5.03. The van der Waals surface area contributed by atoms with E-state index in [4.69, 9.17) is 5.73 Å². The van der Waals surface area contributed by atoms with Gasteiger partial charge in [0.1, 0.15) is 22.5 Å². The van der Waals surface area contributed by atoms with Crippen LogP contribution >= 0.6 is 0 Å². The number of hydrogen-bond donors (Lipinski definition) is 2. The van der Waals surface area contributed by atoms with Crippen LogP contribution in [-0.2, 0) is 24.1 Å². The zero-order valence-electron chi connectivity index (χ0n) is 16.5. The molecule has 1 atom stereocenters. The number of hydrogen-bond acceptors (Lipinski definition) is 4. The summed E-state index contributed by atoms with van der Waals surface area (Å²) < 4.78 is 32.4. The van der Waals surface area contributed by atoms with E-state index in [2.05, 4.69) is 9.71 Å². The lowest BCUT2D eigenvalue weighted by molar-refractivity contribution is 0.0992. The molecule has 0 aliphatic heterocycles. The lowest BCUT2D eigenvalue weighted by Crippen LogP contribution is -2.31. The fourth-order valence-electron chi connectivity index (χ4n) is 3.49. The molecule has 1 amide bonds. The lowest BCUT2D eigenvalue weighted by Gasteiger charge is -2.19. The molecule has 0 radical (unpaired) electrons. The van der Waals surface area contributed by atoms with Crippen molar-refractivity contribution in [2.45, 2.75) is 10.9 Å². The van der Waals surface area contributed by atoms with Crippen molar-refractivity contribution in [1.82, 2.24) is 18.8 Å². The summed E-state index contributed by atoms with van der Waals surface area (Å²) in [5.74, 6) is -0.147. The van der Waals surface area contributed by atoms with Gasteiger partial charge in [-0.25, -0.2) is 13.4 Å². The highest BCUT2D eigenvalue weighted by Crippen LogP contribution is 2.27. The second kappa shape index (κ2) is 7.43. The fourth-order valence-corrected chi connectivity index (χ4v) is 4.74. The number of carbonyl (C=O) groups is 1. The first-order valence-corrected chi connectivity index (χ1v) is 10.7. The van der Waals surface area contributed by atoms with Crippen molar-refractivity contribution in [1.29, 1.82) is 0 Å². The first-order chi connectivity index (χ1) is 14.3. The van der Waals surface area contributed by atoms with Crippen molar-refractivity contribution in [2.75, 3.05) is 0 Å². The van der Waals surface area contributed by atoms with E-state index in [9.17, 15) is 13.2 Å². The highest BCUT2D eigenvalue weighted by Gasteiger charge is 2.28. The van der Waals surface area contributed by atoms with Gasteiger partial charge in [-0.15, -0.1) is 0 Å². The maximum Gasteiger partial charge on any atom is 0.265 e. The van der Waals surface area contributed by atoms with Gasteiger partial charge in [-0.1, -0.05) is 42.5 Å². The number of aromatic nitrogens is 3. The van der Waals surface area contributed by atoms with E-state index in [0.717, 1.165) is 16.6 Å². The largest absolute Gasteiger partial charge is 0.364 e. The Labute approximate surface area is 174 Å². The van der Waals surface area contributed by atoms with E-state index in [1.807, 2.05) is 66.2 Å². The summed E-state index contributed by atoms with van der Waals surface area (Å²) in [5, 5.41) is 0. The topological polar surface area (TPSA) is 112 Å². The summed E-state index contributed by atoms with van der Waals surface area (Å²) in [6, 6.07) is 17.4. The number of fused-ring (bicyclic) bond motifs is 1. The Morgan fingerprint density at radius 3 is 2.37 bits per heavy atom. The van der Waals surface area contributed by atoms with Crippen LogP contribution in [0.2, 0.25) is 0 Å². The molecule has 0 fully saturated rings. The zero-order valence-corrected chi connectivity index (χ0v) is 17.3. The molecule has 0 bridgehead atoms. The third kappa shape index (κ3) is 3.49. The van der Waals surface area contributed by atoms with E-state index in [0.29, 0.717) is 5.82 Å². The maximum absolute atomic E-state index is 13.2. The van der Waals surface area contributed by atoms with Crippen molar-refractivity contribution in [3.05, 3.63) is 83.9 Å². The van der Waals surface area contributed by atoms with Gasteiger partial charge in [0.15, 0.2) is 0 Å². The van der Waals surface area contributed by atoms with Crippen LogP contribution in [-0.4, -0.2) is 28.4 Å². The number of para-hydroxylation sites is 2. The molecule has 0 aliphatic rings. The van der Waals surface area contributed by atoms with Gasteiger partial charge in [0.05, 0.1) is 11.0 Å². The van der Waals surface area contributed by atoms with E-state index >= 15 is 0 Å². The van der Waals surface area contributed by atoms with E-state index in [1.54, 1.807) is 7.05 Å². The number of imidazole rings is 1. The first kappa shape index (κ1) is 19.9. The summed E-state index contributed by atoms with van der Waals surface area (Å²) in [4.78, 5) is 16.2. The molecular weight excluding hydrogens is 402 g/mol. The molecule has 3 N–H and O–H groups in total. The fraction of sp³-hybridized carbons (Fsp3) is 0.143. The van der Waals surface area contributed by atoms with Crippen LogP contribution in [0.1, 0.15) is 27.9 Å². The van der Waals surface area contributed by atoms with Crippen LogP contribution in [0.15, 0.2) is 71.8 Å². The number of primary amides is 1. The molecular formula is C21H21N5O3S. The number of sulfonamides is 1. The lowest BCUT2D eigenvalue weighted by atomic mass is 10.1. The van der Waals surface area contributed by atoms with Crippen LogP contribution < -0.4 is 10.5 Å². The monoisotopic (exact) mass is 423 g/mol. The number of nitrogens with one attached hydrogen (secondary N) is 1. The number of rotatable bonds is 6. The molecule has 0 aliphatic carbocycles. The number of amides is 1. The number of benzene rings is 2. The average molecular weight is 423 g/mol. The Kier molecular flexibility index (Phi) is 4.92. The molecule has 2 aromatic carbocycles. The quantitative estimate of drug-likeness (QED) is 0.494. The number of carbonyl (C=O) groups excluding carboxylic acids is 1. The second-order valence-electron chi connectivity index (χ2n) is 7.02. The SMILES string of the molecule is Cn1cc(S(=O)(=O)NC(c2ccccc2)c2nc3ccccc3n2C)cc1C(N)=O. The van der Waals surface area contributed by atoms with Crippen molar-refractivity contribution in [3.8, 4) is 0 Å². The average Bonchev–Trinajstić information content (AvgIpc) is 3.28. The van der Waals surface area contributed by atoms with Crippen molar-refractivity contribution < 1.29 is 13.2 Å². The molecule has 2 aromatic heterocycles. The van der Waals surface area contributed by atoms with Crippen LogP contribution in [0.4, 0.5) is 0 Å². The minimum absolute atomic E-state index is 0.0431. The summed E-state index contributed by atoms with van der Waals surface area (Å²) in [5.41, 5.74) is 7.84. The number of aryl methyl sites for hydroxylation is 2. The summed E-state index contributed by atoms with van der Waals surface area (Å²) in [6.45, 7) is 0. The Morgan fingerprint density at radius 1 is 1.07 bits per heavy atom. The van der Waals surface area contributed by atoms with E-state index in [-0.39, 0.29) is 10.6 Å². The number of nitrogens with zero attached hydrogens (tertiary/aromatic N) is 3. The highest BCUT2D eigenvalue weighted by molar-refractivity contribution is 7.89. The van der Waals surface area contributed by atoms with Gasteiger partial charge in [0.25, 0.3) is 5.91 Å². The summed E-state index contributed by atoms with van der Waals surface area (Å²) in [6.07, 6.45) is 1.36. The van der Waals surface area contributed by atoms with Crippen molar-refractivity contribution in [2.24, 2.45) is 19.8 Å². The molecule has 4 rings (SSSR count). The van der Waals surface area contributed by atoms with Crippen LogP contribution in [0, 0.1) is 0 Å². The van der Waals surface area contributed by atoms with Gasteiger partial charge in [-0.05, 0) is 23.8 Å². The zero-order chi connectivity index (χ0) is 21.5. The summed E-state index contributed by atoms with van der Waals surface area (Å²) in [7, 11) is -0.559. The third-order valence-corrected chi connectivity index (χ3v) is 6.42. The molecule has 0 saturated carbocycles. The molecule has 0 saturated heterocycles. The molecule has 0 spiro atoms.